The smallest absolute Gasteiger partial charge is 0.433 e. The van der Waals surface area contributed by atoms with Crippen LogP contribution in [0, 0.1) is 0 Å². The number of carbonyl (C=O) groups excluding carboxylic acids is 1. The Morgan fingerprint density at radius 1 is 1.03 bits per heavy atom. The minimum atomic E-state index is -4.69. The molecule has 0 spiro atoms. The molecule has 5 rings (SSSR count). The molecule has 7 nitrogen and oxygen atoms in total. The number of halogens is 3. The molecule has 1 aliphatic rings. The lowest BCUT2D eigenvalue weighted by Gasteiger charge is -2.11. The number of hydrogen-bond donors (Lipinski definition) is 1. The van der Waals surface area contributed by atoms with Crippen molar-refractivity contribution < 1.29 is 27.4 Å². The van der Waals surface area contributed by atoms with Gasteiger partial charge in [-0.05, 0) is 18.2 Å². The van der Waals surface area contributed by atoms with Crippen LogP contribution in [-0.2, 0) is 6.18 Å². The van der Waals surface area contributed by atoms with Gasteiger partial charge in [-0.3, -0.25) is 4.79 Å². The summed E-state index contributed by atoms with van der Waals surface area (Å²) in [6.45, 7) is 0.0766. The summed E-state index contributed by atoms with van der Waals surface area (Å²) in [7, 11) is 0. The molecular weight excluding hydrogens is 413 g/mol. The molecule has 1 N–H and O–H groups in total. The fourth-order valence-electron chi connectivity index (χ4n) is 3.25. The molecule has 0 radical (unpaired) electrons. The first-order valence-electron chi connectivity index (χ1n) is 9.12. The first kappa shape index (κ1) is 18.9. The van der Waals surface area contributed by atoms with E-state index in [0.29, 0.717) is 27.3 Å². The quantitative estimate of drug-likeness (QED) is 0.526. The van der Waals surface area contributed by atoms with Crippen LogP contribution < -0.4 is 14.8 Å². The third kappa shape index (κ3) is 3.41. The Labute approximate surface area is 173 Å². The summed E-state index contributed by atoms with van der Waals surface area (Å²) in [4.78, 5) is 17.1. The van der Waals surface area contributed by atoms with Crippen molar-refractivity contribution in [2.24, 2.45) is 0 Å². The Morgan fingerprint density at radius 3 is 2.58 bits per heavy atom. The summed E-state index contributed by atoms with van der Waals surface area (Å²) < 4.78 is 52.2. The van der Waals surface area contributed by atoms with Crippen LogP contribution in [0.15, 0.2) is 60.8 Å². The van der Waals surface area contributed by atoms with E-state index >= 15 is 0 Å². The van der Waals surface area contributed by atoms with E-state index in [1.807, 2.05) is 0 Å². The maximum absolute atomic E-state index is 13.7. The topological polar surface area (TPSA) is 77.8 Å². The summed E-state index contributed by atoms with van der Waals surface area (Å²) in [6, 6.07) is 14.1. The van der Waals surface area contributed by atoms with Crippen molar-refractivity contribution in [3.8, 4) is 22.8 Å². The van der Waals surface area contributed by atoms with Gasteiger partial charge in [-0.2, -0.15) is 18.3 Å². The lowest BCUT2D eigenvalue weighted by atomic mass is 10.1. The molecule has 0 aliphatic carbocycles. The van der Waals surface area contributed by atoms with Crippen LogP contribution in [0.2, 0.25) is 0 Å². The van der Waals surface area contributed by atoms with E-state index in [9.17, 15) is 18.0 Å². The Hall–Kier alpha value is -4.08. The van der Waals surface area contributed by atoms with Gasteiger partial charge in [0.15, 0.2) is 22.8 Å². The minimum Gasteiger partial charge on any atom is -0.454 e. The molecule has 0 unspecified atom stereocenters. The van der Waals surface area contributed by atoms with Crippen molar-refractivity contribution in [1.82, 2.24) is 14.6 Å². The highest BCUT2D eigenvalue weighted by molar-refractivity contribution is 6.08. The SMILES string of the molecule is O=C(Nc1ccc2c(c1)OCO2)c1cnn2c(C(F)(F)F)cc(-c3ccccc3)nc12. The van der Waals surface area contributed by atoms with Gasteiger partial charge < -0.3 is 14.8 Å². The molecule has 1 amide bonds. The zero-order valence-corrected chi connectivity index (χ0v) is 15.7. The number of aromatic nitrogens is 3. The van der Waals surface area contributed by atoms with E-state index in [1.165, 1.54) is 0 Å². The fraction of sp³-hybridized carbons (Fsp3) is 0.0952. The highest BCUT2D eigenvalue weighted by Gasteiger charge is 2.36. The first-order valence-corrected chi connectivity index (χ1v) is 9.12. The molecule has 2 aromatic carbocycles. The van der Waals surface area contributed by atoms with Crippen molar-refractivity contribution in [2.75, 3.05) is 12.1 Å². The molecule has 10 heteroatoms. The number of ether oxygens (including phenoxy) is 2. The van der Waals surface area contributed by atoms with Crippen LogP contribution in [0.5, 0.6) is 11.5 Å². The second-order valence-electron chi connectivity index (χ2n) is 6.71. The Morgan fingerprint density at radius 2 is 1.81 bits per heavy atom. The van der Waals surface area contributed by atoms with E-state index < -0.39 is 17.8 Å². The normalized spacial score (nSPS) is 12.9. The van der Waals surface area contributed by atoms with Gasteiger partial charge in [0.25, 0.3) is 5.91 Å². The number of carbonyl (C=O) groups is 1. The molecular formula is C21H13F3N4O3. The van der Waals surface area contributed by atoms with Crippen LogP contribution in [0.4, 0.5) is 18.9 Å². The molecule has 31 heavy (non-hydrogen) atoms. The monoisotopic (exact) mass is 426 g/mol. The van der Waals surface area contributed by atoms with E-state index in [-0.39, 0.29) is 23.7 Å². The summed E-state index contributed by atoms with van der Waals surface area (Å²) in [6.07, 6.45) is -3.63. The Bertz CT molecular complexity index is 1300. The largest absolute Gasteiger partial charge is 0.454 e. The third-order valence-corrected chi connectivity index (χ3v) is 4.71. The highest BCUT2D eigenvalue weighted by Crippen LogP contribution is 2.35. The van der Waals surface area contributed by atoms with Crippen molar-refractivity contribution in [3.63, 3.8) is 0 Å². The average Bonchev–Trinajstić information content (AvgIpc) is 3.39. The number of nitrogens with zero attached hydrogens (tertiary/aromatic N) is 3. The van der Waals surface area contributed by atoms with Gasteiger partial charge in [-0.25, -0.2) is 9.50 Å². The van der Waals surface area contributed by atoms with Crippen molar-refractivity contribution in [2.45, 2.75) is 6.18 Å². The number of rotatable bonds is 3. The molecule has 1 aliphatic heterocycles. The molecule has 0 fully saturated rings. The number of anilines is 1. The Kier molecular flexibility index (Phi) is 4.28. The van der Waals surface area contributed by atoms with Gasteiger partial charge in [0.05, 0.1) is 11.9 Å². The van der Waals surface area contributed by atoms with Crippen molar-refractivity contribution >= 4 is 17.2 Å². The van der Waals surface area contributed by atoms with E-state index in [0.717, 1.165) is 12.3 Å². The van der Waals surface area contributed by atoms with Crippen molar-refractivity contribution in [3.05, 3.63) is 72.1 Å². The summed E-state index contributed by atoms with van der Waals surface area (Å²) in [5, 5.41) is 6.40. The predicted molar refractivity (Wildman–Crippen MR) is 104 cm³/mol. The van der Waals surface area contributed by atoms with Crippen molar-refractivity contribution in [1.29, 1.82) is 0 Å². The van der Waals surface area contributed by atoms with Crippen LogP contribution in [0.25, 0.3) is 16.9 Å². The van der Waals surface area contributed by atoms with Crippen LogP contribution in [0.1, 0.15) is 16.1 Å². The van der Waals surface area contributed by atoms with Gasteiger partial charge in [0.1, 0.15) is 5.56 Å². The standard InChI is InChI=1S/C21H13F3N4O3/c22-21(23,24)18-9-15(12-4-2-1-3-5-12)27-19-14(10-25-28(18)19)20(29)26-13-6-7-16-17(8-13)31-11-30-16/h1-10H,11H2,(H,26,29). The van der Waals surface area contributed by atoms with Gasteiger partial charge in [-0.1, -0.05) is 30.3 Å². The number of amides is 1. The predicted octanol–water partition coefficient (Wildman–Crippen LogP) is 4.40. The minimum absolute atomic E-state index is 0.0766. The second-order valence-corrected chi connectivity index (χ2v) is 6.71. The van der Waals surface area contributed by atoms with Crippen LogP contribution >= 0.6 is 0 Å². The number of alkyl halides is 3. The fourth-order valence-corrected chi connectivity index (χ4v) is 3.25. The molecule has 4 aromatic rings. The van der Waals surface area contributed by atoms with E-state index in [2.05, 4.69) is 15.4 Å². The number of nitrogens with one attached hydrogen (secondary N) is 1. The number of fused-ring (bicyclic) bond motifs is 2. The maximum atomic E-state index is 13.7. The van der Waals surface area contributed by atoms with Gasteiger partial charge in [0.2, 0.25) is 6.79 Å². The molecule has 3 heterocycles. The summed E-state index contributed by atoms with van der Waals surface area (Å²) >= 11 is 0. The van der Waals surface area contributed by atoms with Gasteiger partial charge in [-0.15, -0.1) is 0 Å². The molecule has 0 bridgehead atoms. The van der Waals surface area contributed by atoms with E-state index in [4.69, 9.17) is 9.47 Å². The summed E-state index contributed by atoms with van der Waals surface area (Å²) in [5.74, 6) is 0.346. The number of hydrogen-bond acceptors (Lipinski definition) is 5. The van der Waals surface area contributed by atoms with Crippen LogP contribution in [-0.4, -0.2) is 27.3 Å². The van der Waals surface area contributed by atoms with Crippen LogP contribution in [0.3, 0.4) is 0 Å². The van der Waals surface area contributed by atoms with E-state index in [1.54, 1.807) is 48.5 Å². The first-order chi connectivity index (χ1) is 14.9. The zero-order valence-electron chi connectivity index (χ0n) is 15.7. The maximum Gasteiger partial charge on any atom is 0.433 e. The molecule has 0 saturated heterocycles. The Balaban J connectivity index is 1.58. The van der Waals surface area contributed by atoms with Gasteiger partial charge in [0, 0.05) is 17.3 Å². The highest BCUT2D eigenvalue weighted by atomic mass is 19.4. The lowest BCUT2D eigenvalue weighted by Crippen LogP contribution is -2.15. The molecule has 0 atom stereocenters. The average molecular weight is 426 g/mol. The second kappa shape index (κ2) is 7.01. The zero-order chi connectivity index (χ0) is 21.6. The van der Waals surface area contributed by atoms with Gasteiger partial charge >= 0.3 is 6.18 Å². The molecule has 2 aromatic heterocycles. The molecule has 0 saturated carbocycles. The number of benzene rings is 2. The lowest BCUT2D eigenvalue weighted by molar-refractivity contribution is -0.142. The molecule has 156 valence electrons. The summed E-state index contributed by atoms with van der Waals surface area (Å²) in [5.41, 5.74) is -0.368. The third-order valence-electron chi connectivity index (χ3n) is 4.71.